The van der Waals surface area contributed by atoms with Crippen LogP contribution in [-0.2, 0) is 12.1 Å². The van der Waals surface area contributed by atoms with Gasteiger partial charge in [-0.1, -0.05) is 25.5 Å². The molecule has 0 atom stereocenters. The van der Waals surface area contributed by atoms with Crippen molar-refractivity contribution in [1.82, 2.24) is 0 Å². The lowest BCUT2D eigenvalue weighted by Gasteiger charge is -2.31. The highest BCUT2D eigenvalue weighted by molar-refractivity contribution is 9.11. The second-order valence-electron chi connectivity index (χ2n) is 6.67. The van der Waals surface area contributed by atoms with Crippen molar-refractivity contribution >= 4 is 43.5 Å². The van der Waals surface area contributed by atoms with E-state index in [-0.39, 0.29) is 17.0 Å². The minimum Gasteiger partial charge on any atom is -0.496 e. The van der Waals surface area contributed by atoms with Crippen LogP contribution in [0.15, 0.2) is 39.3 Å². The van der Waals surface area contributed by atoms with Crippen molar-refractivity contribution in [2.45, 2.75) is 37.8 Å². The average molecular weight is 595 g/mol. The van der Waals surface area contributed by atoms with Gasteiger partial charge in [-0.15, -0.1) is 0 Å². The molecule has 1 N–H and O–H groups in total. The van der Waals surface area contributed by atoms with Crippen LogP contribution in [0.3, 0.4) is 0 Å². The topological polar surface area (TPSA) is 38.3 Å². The molecule has 2 aromatic carbocycles. The molecule has 12 heteroatoms. The number of methoxy groups -OCH3 is 1. The monoisotopic (exact) mass is 593 g/mol. The summed E-state index contributed by atoms with van der Waals surface area (Å²) in [7, 11) is 1.36. The highest BCUT2D eigenvalue weighted by Crippen LogP contribution is 2.54. The third kappa shape index (κ3) is 4.90. The van der Waals surface area contributed by atoms with E-state index in [0.29, 0.717) is 18.6 Å². The van der Waals surface area contributed by atoms with Gasteiger partial charge >= 0.3 is 18.0 Å². The Bertz CT molecular complexity index is 969. The molecule has 0 saturated carbocycles. The fraction of sp³-hybridized carbons (Fsp3) is 0.350. The molecular weight excluding hydrogens is 579 g/mol. The van der Waals surface area contributed by atoms with Gasteiger partial charge in [0.1, 0.15) is 5.75 Å². The molecule has 0 fully saturated rings. The third-order valence-corrected chi connectivity index (χ3v) is 5.78. The highest BCUT2D eigenvalue weighted by Gasteiger charge is 2.73. The SMILES string of the molecule is CCCc1cccc(C(=O)Nc2c(Br)cc(C(F)(C(F)(F)F)C(F)(F)F)cc2Br)c1OC. The zero-order valence-electron chi connectivity index (χ0n) is 16.5. The maximum Gasteiger partial charge on any atom is 0.435 e. The highest BCUT2D eigenvalue weighted by atomic mass is 79.9. The Morgan fingerprint density at radius 1 is 1.00 bits per heavy atom. The lowest BCUT2D eigenvalue weighted by Crippen LogP contribution is -2.50. The number of carbonyl (C=O) groups excluding carboxylic acids is 1. The number of hydrogen-bond donors (Lipinski definition) is 1. The number of nitrogens with one attached hydrogen (secondary N) is 1. The first-order valence-corrected chi connectivity index (χ1v) is 10.6. The van der Waals surface area contributed by atoms with Crippen molar-refractivity contribution in [3.8, 4) is 5.75 Å². The Hall–Kier alpha value is -1.82. The Morgan fingerprint density at radius 3 is 1.97 bits per heavy atom. The first-order chi connectivity index (χ1) is 14.7. The first kappa shape index (κ1) is 26.4. The summed E-state index contributed by atoms with van der Waals surface area (Å²) in [6.45, 7) is 1.93. The molecule has 0 aliphatic carbocycles. The number of carbonyl (C=O) groups is 1. The standard InChI is InChI=1S/C20H16Br2F7NO2/c1-3-5-10-6-4-7-12(16(10)32-2)17(31)30-15-13(21)8-11(9-14(15)22)18(23,19(24,25)26)20(27,28)29/h4,6-9H,3,5H2,1-2H3,(H,30,31). The lowest BCUT2D eigenvalue weighted by atomic mass is 9.94. The van der Waals surface area contributed by atoms with Crippen LogP contribution in [0.4, 0.5) is 36.4 Å². The number of para-hydroxylation sites is 1. The second-order valence-corrected chi connectivity index (χ2v) is 8.38. The number of alkyl halides is 7. The van der Waals surface area contributed by atoms with Crippen LogP contribution in [0.2, 0.25) is 0 Å². The molecule has 0 bridgehead atoms. The van der Waals surface area contributed by atoms with E-state index in [1.54, 1.807) is 12.1 Å². The molecule has 2 aromatic rings. The number of anilines is 1. The summed E-state index contributed by atoms with van der Waals surface area (Å²) in [5.41, 5.74) is -6.64. The smallest absolute Gasteiger partial charge is 0.435 e. The predicted octanol–water partition coefficient (Wildman–Crippen LogP) is 7.71. The van der Waals surface area contributed by atoms with Crippen molar-refractivity contribution in [3.63, 3.8) is 0 Å². The zero-order valence-corrected chi connectivity index (χ0v) is 19.7. The van der Waals surface area contributed by atoms with Crippen LogP contribution >= 0.6 is 31.9 Å². The van der Waals surface area contributed by atoms with Crippen LogP contribution in [0.5, 0.6) is 5.75 Å². The van der Waals surface area contributed by atoms with E-state index in [0.717, 1.165) is 12.0 Å². The molecule has 32 heavy (non-hydrogen) atoms. The molecule has 0 saturated heterocycles. The number of hydrogen-bond acceptors (Lipinski definition) is 2. The number of halogens is 9. The van der Waals surface area contributed by atoms with Crippen molar-refractivity contribution in [2.75, 3.05) is 12.4 Å². The number of rotatable bonds is 6. The maximum atomic E-state index is 14.4. The minimum atomic E-state index is -6.26. The van der Waals surface area contributed by atoms with E-state index in [9.17, 15) is 35.5 Å². The van der Waals surface area contributed by atoms with E-state index < -0.39 is 38.4 Å². The Morgan fingerprint density at radius 2 is 1.53 bits per heavy atom. The van der Waals surface area contributed by atoms with Crippen LogP contribution in [0.1, 0.15) is 34.8 Å². The Balaban J connectivity index is 2.51. The normalized spacial score (nSPS) is 12.6. The predicted molar refractivity (Wildman–Crippen MR) is 112 cm³/mol. The fourth-order valence-corrected chi connectivity index (χ4v) is 4.42. The molecule has 0 heterocycles. The van der Waals surface area contributed by atoms with E-state index >= 15 is 0 Å². The van der Waals surface area contributed by atoms with Gasteiger partial charge in [0.25, 0.3) is 5.91 Å². The zero-order chi connectivity index (χ0) is 24.5. The Labute approximate surface area is 195 Å². The average Bonchev–Trinajstić information content (AvgIpc) is 2.68. The molecule has 0 unspecified atom stereocenters. The first-order valence-electron chi connectivity index (χ1n) is 8.98. The lowest BCUT2D eigenvalue weighted by molar-refractivity contribution is -0.348. The summed E-state index contributed by atoms with van der Waals surface area (Å²) in [6.07, 6.45) is -11.1. The van der Waals surface area contributed by atoms with Crippen LogP contribution in [0, 0.1) is 0 Å². The molecule has 0 spiro atoms. The third-order valence-electron chi connectivity index (χ3n) is 4.52. The summed E-state index contributed by atoms with van der Waals surface area (Å²) in [5.74, 6) is -0.445. The van der Waals surface area contributed by atoms with E-state index in [4.69, 9.17) is 4.74 Å². The summed E-state index contributed by atoms with van der Waals surface area (Å²) >= 11 is 5.65. The van der Waals surface area contributed by atoms with Gasteiger partial charge in [-0.25, -0.2) is 4.39 Å². The molecule has 1 amide bonds. The number of ether oxygens (including phenoxy) is 1. The van der Waals surface area contributed by atoms with Gasteiger partial charge in [-0.2, -0.15) is 26.3 Å². The summed E-state index contributed by atoms with van der Waals surface area (Å²) < 4.78 is 97.2. The molecule has 0 aliphatic rings. The molecule has 0 radical (unpaired) electrons. The van der Waals surface area contributed by atoms with Gasteiger partial charge in [0, 0.05) is 14.5 Å². The summed E-state index contributed by atoms with van der Waals surface area (Å²) in [4.78, 5) is 12.8. The van der Waals surface area contributed by atoms with Gasteiger partial charge in [0.15, 0.2) is 0 Å². The van der Waals surface area contributed by atoms with Gasteiger partial charge in [-0.3, -0.25) is 4.79 Å². The summed E-state index contributed by atoms with van der Waals surface area (Å²) in [5, 5.41) is 2.40. The van der Waals surface area contributed by atoms with Gasteiger partial charge in [-0.05, 0) is 62.0 Å². The molecule has 176 valence electrons. The number of aryl methyl sites for hydroxylation is 1. The molecule has 0 aromatic heterocycles. The van der Waals surface area contributed by atoms with Gasteiger partial charge in [0.05, 0.1) is 18.4 Å². The van der Waals surface area contributed by atoms with Crippen molar-refractivity contribution in [2.24, 2.45) is 0 Å². The van der Waals surface area contributed by atoms with Crippen molar-refractivity contribution in [1.29, 1.82) is 0 Å². The molecule has 0 aliphatic heterocycles. The van der Waals surface area contributed by atoms with E-state index in [1.807, 2.05) is 6.92 Å². The van der Waals surface area contributed by atoms with Gasteiger partial charge in [0.2, 0.25) is 0 Å². The maximum absolute atomic E-state index is 14.4. The van der Waals surface area contributed by atoms with Gasteiger partial charge < -0.3 is 10.1 Å². The molecular formula is C20H16Br2F7NO2. The fourth-order valence-electron chi connectivity index (χ4n) is 3.03. The largest absolute Gasteiger partial charge is 0.496 e. The van der Waals surface area contributed by atoms with E-state index in [1.165, 1.54) is 13.2 Å². The van der Waals surface area contributed by atoms with Crippen LogP contribution in [0.25, 0.3) is 0 Å². The van der Waals surface area contributed by atoms with Crippen LogP contribution in [-0.4, -0.2) is 25.4 Å². The van der Waals surface area contributed by atoms with Crippen LogP contribution < -0.4 is 10.1 Å². The number of benzene rings is 2. The second kappa shape index (κ2) is 9.58. The van der Waals surface area contributed by atoms with Crippen molar-refractivity contribution in [3.05, 3.63) is 56.0 Å². The summed E-state index contributed by atoms with van der Waals surface area (Å²) in [6, 6.07) is 5.47. The van der Waals surface area contributed by atoms with E-state index in [2.05, 4.69) is 37.2 Å². The molecule has 3 nitrogen and oxygen atoms in total. The quantitative estimate of drug-likeness (QED) is 0.348. The number of amides is 1. The molecule has 2 rings (SSSR count). The Kier molecular flexibility index (Phi) is 7.91. The van der Waals surface area contributed by atoms with Crippen molar-refractivity contribution < 1.29 is 40.3 Å². The minimum absolute atomic E-state index is 0.103.